The van der Waals surface area contributed by atoms with Gasteiger partial charge in [-0.1, -0.05) is 37.1 Å². The molecule has 3 rings (SSSR count). The first-order valence-corrected chi connectivity index (χ1v) is 7.54. The lowest BCUT2D eigenvalue weighted by molar-refractivity contribution is -0.0124. The molecular weight excluding hydrogens is 286 g/mol. The topological polar surface area (TPSA) is 42.4 Å². The molecule has 1 aromatic carbocycles. The van der Waals surface area contributed by atoms with E-state index in [0.29, 0.717) is 17.3 Å². The molecule has 3 nitrogen and oxygen atoms in total. The molecule has 0 saturated carbocycles. The van der Waals surface area contributed by atoms with Crippen LogP contribution in [0.1, 0.15) is 42.1 Å². The average Bonchev–Trinajstić information content (AvgIpc) is 2.85. The predicted molar refractivity (Wildman–Crippen MR) is 82.6 cm³/mol. The minimum Gasteiger partial charge on any atom is -0.506 e. The number of halogens is 1. The van der Waals surface area contributed by atoms with Crippen molar-refractivity contribution in [1.82, 2.24) is 4.98 Å². The monoisotopic (exact) mass is 303 g/mol. The molecule has 1 N–H and O–H groups in total. The summed E-state index contributed by atoms with van der Waals surface area (Å²) in [5.74, 6) is 0.249. The molecule has 0 bridgehead atoms. The highest BCUT2D eigenvalue weighted by molar-refractivity contribution is 6.30. The van der Waals surface area contributed by atoms with E-state index >= 15 is 0 Å². The van der Waals surface area contributed by atoms with Gasteiger partial charge < -0.3 is 9.84 Å². The molecule has 0 radical (unpaired) electrons. The SMILES string of the molecule is CCCC1(c2ccc(Cl)cc2)OCc2c1cnc(C)c2O. The lowest BCUT2D eigenvalue weighted by Crippen LogP contribution is -2.27. The van der Waals surface area contributed by atoms with Crippen molar-refractivity contribution in [2.75, 3.05) is 0 Å². The van der Waals surface area contributed by atoms with Crippen LogP contribution in [0.25, 0.3) is 0 Å². The second kappa shape index (κ2) is 5.32. The van der Waals surface area contributed by atoms with Crippen molar-refractivity contribution in [2.24, 2.45) is 0 Å². The quantitative estimate of drug-likeness (QED) is 0.918. The number of nitrogens with zero attached hydrogens (tertiary/aromatic N) is 1. The molecule has 0 aliphatic carbocycles. The molecule has 1 aliphatic heterocycles. The number of fused-ring (bicyclic) bond motifs is 1. The predicted octanol–water partition coefficient (Wildman–Crippen LogP) is 4.32. The lowest BCUT2D eigenvalue weighted by Gasteiger charge is -2.30. The fourth-order valence-corrected chi connectivity index (χ4v) is 3.20. The standard InChI is InChI=1S/C17H18ClNO2/c1-3-8-17(12-4-6-13(18)7-5-12)15-9-19-11(2)16(20)14(15)10-21-17/h4-7,9,20H,3,8,10H2,1-2H3. The highest BCUT2D eigenvalue weighted by Crippen LogP contribution is 2.47. The van der Waals surface area contributed by atoms with Crippen LogP contribution < -0.4 is 0 Å². The number of aromatic hydroxyl groups is 1. The summed E-state index contributed by atoms with van der Waals surface area (Å²) in [6.45, 7) is 4.34. The van der Waals surface area contributed by atoms with Crippen LogP contribution in [-0.4, -0.2) is 10.1 Å². The Labute approximate surface area is 129 Å². The van der Waals surface area contributed by atoms with Crippen LogP contribution in [-0.2, 0) is 16.9 Å². The normalized spacial score (nSPS) is 20.5. The van der Waals surface area contributed by atoms with Crippen LogP contribution in [0.5, 0.6) is 5.75 Å². The van der Waals surface area contributed by atoms with Crippen molar-refractivity contribution >= 4 is 11.6 Å². The average molecular weight is 304 g/mol. The first kappa shape index (κ1) is 14.4. The molecule has 1 atom stereocenters. The zero-order valence-corrected chi connectivity index (χ0v) is 12.9. The summed E-state index contributed by atoms with van der Waals surface area (Å²) in [6.07, 6.45) is 3.64. The van der Waals surface area contributed by atoms with E-state index in [4.69, 9.17) is 16.3 Å². The van der Waals surface area contributed by atoms with E-state index in [9.17, 15) is 5.11 Å². The van der Waals surface area contributed by atoms with Gasteiger partial charge >= 0.3 is 0 Å². The number of aryl methyl sites for hydroxylation is 1. The fourth-order valence-electron chi connectivity index (χ4n) is 3.07. The summed E-state index contributed by atoms with van der Waals surface area (Å²) in [6, 6.07) is 7.72. The summed E-state index contributed by atoms with van der Waals surface area (Å²) < 4.78 is 6.17. The zero-order valence-electron chi connectivity index (χ0n) is 12.2. The number of aromatic nitrogens is 1. The van der Waals surface area contributed by atoms with Gasteiger partial charge in [0.1, 0.15) is 11.4 Å². The summed E-state index contributed by atoms with van der Waals surface area (Å²) in [7, 11) is 0. The van der Waals surface area contributed by atoms with E-state index in [2.05, 4.69) is 11.9 Å². The lowest BCUT2D eigenvalue weighted by atomic mass is 9.83. The molecule has 1 aliphatic rings. The Morgan fingerprint density at radius 1 is 1.33 bits per heavy atom. The second-order valence-electron chi connectivity index (χ2n) is 5.46. The maximum atomic E-state index is 10.2. The highest BCUT2D eigenvalue weighted by atomic mass is 35.5. The number of hydrogen-bond donors (Lipinski definition) is 1. The maximum absolute atomic E-state index is 10.2. The third-order valence-electron chi connectivity index (χ3n) is 4.15. The van der Waals surface area contributed by atoms with Crippen LogP contribution in [0.2, 0.25) is 5.02 Å². The van der Waals surface area contributed by atoms with Crippen LogP contribution in [0.15, 0.2) is 30.5 Å². The zero-order chi connectivity index (χ0) is 15.0. The first-order chi connectivity index (χ1) is 10.1. The Morgan fingerprint density at radius 3 is 2.71 bits per heavy atom. The summed E-state index contributed by atoms with van der Waals surface area (Å²) >= 11 is 5.99. The Hall–Kier alpha value is -1.58. The molecular formula is C17H18ClNO2. The molecule has 2 aromatic rings. The van der Waals surface area contributed by atoms with E-state index in [0.717, 1.165) is 29.5 Å². The second-order valence-corrected chi connectivity index (χ2v) is 5.89. The smallest absolute Gasteiger partial charge is 0.142 e. The van der Waals surface area contributed by atoms with Crippen LogP contribution >= 0.6 is 11.6 Å². The summed E-state index contributed by atoms with van der Waals surface area (Å²) in [5, 5.41) is 10.9. The minimum absolute atomic E-state index is 0.249. The molecule has 1 unspecified atom stereocenters. The number of hydrogen-bond acceptors (Lipinski definition) is 3. The van der Waals surface area contributed by atoms with Crippen LogP contribution in [0.4, 0.5) is 0 Å². The van der Waals surface area contributed by atoms with E-state index in [1.165, 1.54) is 0 Å². The molecule has 0 amide bonds. The highest BCUT2D eigenvalue weighted by Gasteiger charge is 2.42. The molecule has 0 fully saturated rings. The van der Waals surface area contributed by atoms with Gasteiger partial charge in [-0.2, -0.15) is 0 Å². The Morgan fingerprint density at radius 2 is 2.05 bits per heavy atom. The summed E-state index contributed by atoms with van der Waals surface area (Å²) in [4.78, 5) is 4.31. The molecule has 0 spiro atoms. The molecule has 110 valence electrons. The molecule has 4 heteroatoms. The number of benzene rings is 1. The number of pyridine rings is 1. The minimum atomic E-state index is -0.535. The third kappa shape index (κ3) is 2.21. The van der Waals surface area contributed by atoms with Crippen LogP contribution in [0, 0.1) is 6.92 Å². The van der Waals surface area contributed by atoms with E-state index in [1.54, 1.807) is 6.92 Å². The van der Waals surface area contributed by atoms with Crippen molar-refractivity contribution in [3.05, 3.63) is 57.9 Å². The van der Waals surface area contributed by atoms with Gasteiger partial charge in [0.15, 0.2) is 0 Å². The van der Waals surface area contributed by atoms with Crippen molar-refractivity contribution in [2.45, 2.75) is 38.9 Å². The maximum Gasteiger partial charge on any atom is 0.142 e. The van der Waals surface area contributed by atoms with Gasteiger partial charge in [-0.3, -0.25) is 4.98 Å². The molecule has 2 heterocycles. The van der Waals surface area contributed by atoms with E-state index in [-0.39, 0.29) is 5.75 Å². The Bertz CT molecular complexity index is 669. The van der Waals surface area contributed by atoms with Crippen LogP contribution in [0.3, 0.4) is 0 Å². The molecule has 1 aromatic heterocycles. The number of rotatable bonds is 3. The van der Waals surface area contributed by atoms with E-state index < -0.39 is 5.60 Å². The van der Waals surface area contributed by atoms with Crippen molar-refractivity contribution in [3.63, 3.8) is 0 Å². The Balaban J connectivity index is 2.18. The van der Waals surface area contributed by atoms with Gasteiger partial charge in [-0.05, 0) is 31.0 Å². The van der Waals surface area contributed by atoms with Gasteiger partial charge in [-0.25, -0.2) is 0 Å². The van der Waals surface area contributed by atoms with Gasteiger partial charge in [0.2, 0.25) is 0 Å². The van der Waals surface area contributed by atoms with Gasteiger partial charge in [-0.15, -0.1) is 0 Å². The Kier molecular flexibility index (Phi) is 3.64. The number of ether oxygens (including phenoxy) is 1. The summed E-state index contributed by atoms with van der Waals surface area (Å²) in [5.41, 5.74) is 2.98. The molecule has 0 saturated heterocycles. The largest absolute Gasteiger partial charge is 0.506 e. The van der Waals surface area contributed by atoms with Gasteiger partial charge in [0.05, 0.1) is 12.3 Å². The van der Waals surface area contributed by atoms with Crippen molar-refractivity contribution in [3.8, 4) is 5.75 Å². The van der Waals surface area contributed by atoms with Gasteiger partial charge in [0, 0.05) is 22.3 Å². The first-order valence-electron chi connectivity index (χ1n) is 7.16. The van der Waals surface area contributed by atoms with Gasteiger partial charge in [0.25, 0.3) is 0 Å². The third-order valence-corrected chi connectivity index (χ3v) is 4.40. The fraction of sp³-hybridized carbons (Fsp3) is 0.353. The van der Waals surface area contributed by atoms with Crippen molar-refractivity contribution in [1.29, 1.82) is 0 Å². The van der Waals surface area contributed by atoms with E-state index in [1.807, 2.05) is 30.5 Å². The van der Waals surface area contributed by atoms with Crippen molar-refractivity contribution < 1.29 is 9.84 Å². The molecule has 21 heavy (non-hydrogen) atoms.